The predicted octanol–water partition coefficient (Wildman–Crippen LogP) is 0.476. The molecule has 0 spiro atoms. The molecule has 1 atom stereocenters. The van der Waals surface area contributed by atoms with E-state index in [-0.39, 0.29) is 11.3 Å². The van der Waals surface area contributed by atoms with Gasteiger partial charge in [-0.2, -0.15) is 0 Å². The van der Waals surface area contributed by atoms with Crippen molar-refractivity contribution in [3.63, 3.8) is 0 Å². The van der Waals surface area contributed by atoms with Crippen LogP contribution in [0.5, 0.6) is 5.75 Å². The molecule has 1 aliphatic rings. The molecule has 1 aromatic rings. The van der Waals surface area contributed by atoms with E-state index >= 15 is 0 Å². The molecule has 90 valence electrons. The third-order valence-corrected chi connectivity index (χ3v) is 2.83. The van der Waals surface area contributed by atoms with Gasteiger partial charge >= 0.3 is 5.97 Å². The van der Waals surface area contributed by atoms with E-state index in [1.54, 1.807) is 0 Å². The zero-order chi connectivity index (χ0) is 12.4. The Balaban J connectivity index is 2.26. The lowest BCUT2D eigenvalue weighted by Crippen LogP contribution is -2.40. The quantitative estimate of drug-likeness (QED) is 0.779. The van der Waals surface area contributed by atoms with Gasteiger partial charge < -0.3 is 15.1 Å². The van der Waals surface area contributed by atoms with E-state index in [1.807, 2.05) is 0 Å². The number of aromatic hydroxyl groups is 1. The molecule has 1 amide bonds. The fourth-order valence-corrected chi connectivity index (χ4v) is 1.99. The van der Waals surface area contributed by atoms with Crippen LogP contribution in [0.25, 0.3) is 0 Å². The van der Waals surface area contributed by atoms with Crippen molar-refractivity contribution in [1.29, 1.82) is 0 Å². The Morgan fingerprint density at radius 3 is 2.88 bits per heavy atom. The van der Waals surface area contributed by atoms with E-state index in [0.29, 0.717) is 19.4 Å². The van der Waals surface area contributed by atoms with Gasteiger partial charge in [-0.15, -0.1) is 0 Å². The number of rotatable bonds is 2. The minimum Gasteiger partial charge on any atom is -0.505 e. The minimum absolute atomic E-state index is 0.0909. The second-order valence-electron chi connectivity index (χ2n) is 3.89. The molecule has 0 unspecified atom stereocenters. The van der Waals surface area contributed by atoms with Crippen LogP contribution in [0.1, 0.15) is 23.2 Å². The first kappa shape index (κ1) is 11.4. The number of carboxylic acids is 1. The molecule has 6 nitrogen and oxygen atoms in total. The van der Waals surface area contributed by atoms with Crippen LogP contribution in [0, 0.1) is 0 Å². The van der Waals surface area contributed by atoms with Crippen molar-refractivity contribution in [3.8, 4) is 5.75 Å². The summed E-state index contributed by atoms with van der Waals surface area (Å²) in [6, 6.07) is 0.588. The Bertz CT molecular complexity index is 461. The lowest BCUT2D eigenvalue weighted by atomic mass is 10.2. The molecule has 1 fully saturated rings. The lowest BCUT2D eigenvalue weighted by molar-refractivity contribution is -0.141. The Kier molecular flexibility index (Phi) is 2.95. The Morgan fingerprint density at radius 2 is 2.24 bits per heavy atom. The molecule has 0 bridgehead atoms. The first-order valence-corrected chi connectivity index (χ1v) is 5.28. The summed E-state index contributed by atoms with van der Waals surface area (Å²) < 4.78 is 0. The summed E-state index contributed by atoms with van der Waals surface area (Å²) in [6.07, 6.45) is 3.67. The summed E-state index contributed by atoms with van der Waals surface area (Å²) >= 11 is 0. The molecular formula is C11H12N2O4. The van der Waals surface area contributed by atoms with Crippen molar-refractivity contribution in [2.75, 3.05) is 6.54 Å². The van der Waals surface area contributed by atoms with Gasteiger partial charge in [0, 0.05) is 12.7 Å². The monoisotopic (exact) mass is 236 g/mol. The normalized spacial score (nSPS) is 19.3. The first-order valence-electron chi connectivity index (χ1n) is 5.28. The smallest absolute Gasteiger partial charge is 0.326 e. The van der Waals surface area contributed by atoms with E-state index in [9.17, 15) is 14.7 Å². The minimum atomic E-state index is -1.01. The summed E-state index contributed by atoms with van der Waals surface area (Å²) in [6.45, 7) is 0.400. The molecule has 2 rings (SSSR count). The highest BCUT2D eigenvalue weighted by Crippen LogP contribution is 2.23. The summed E-state index contributed by atoms with van der Waals surface area (Å²) in [5, 5.41) is 18.5. The molecule has 1 saturated heterocycles. The number of nitrogens with zero attached hydrogens (tertiary/aromatic N) is 2. The third-order valence-electron chi connectivity index (χ3n) is 2.83. The lowest BCUT2D eigenvalue weighted by Gasteiger charge is -2.21. The van der Waals surface area contributed by atoms with Crippen LogP contribution in [0.2, 0.25) is 0 Å². The van der Waals surface area contributed by atoms with Gasteiger partial charge in [0.25, 0.3) is 5.91 Å². The molecule has 6 heteroatoms. The maximum absolute atomic E-state index is 12.1. The fourth-order valence-electron chi connectivity index (χ4n) is 1.99. The Hall–Kier alpha value is -2.11. The number of likely N-dealkylation sites (tertiary alicyclic amines) is 1. The third kappa shape index (κ3) is 2.06. The molecule has 2 N–H and O–H groups in total. The van der Waals surface area contributed by atoms with Gasteiger partial charge in [-0.1, -0.05) is 0 Å². The van der Waals surface area contributed by atoms with Crippen molar-refractivity contribution in [2.45, 2.75) is 18.9 Å². The van der Waals surface area contributed by atoms with Gasteiger partial charge in [0.05, 0.1) is 11.8 Å². The average Bonchev–Trinajstić information content (AvgIpc) is 2.77. The molecule has 1 aliphatic heterocycles. The highest BCUT2D eigenvalue weighted by Gasteiger charge is 2.35. The van der Waals surface area contributed by atoms with Gasteiger partial charge in [0.2, 0.25) is 0 Å². The molecule has 0 radical (unpaired) electrons. The Labute approximate surface area is 97.5 Å². The van der Waals surface area contributed by atoms with E-state index in [4.69, 9.17) is 5.11 Å². The highest BCUT2D eigenvalue weighted by molar-refractivity contribution is 5.98. The molecule has 2 heterocycles. The number of aliphatic carboxylic acids is 1. The van der Waals surface area contributed by atoms with Crippen LogP contribution in [0.15, 0.2) is 18.5 Å². The maximum Gasteiger partial charge on any atom is 0.326 e. The van der Waals surface area contributed by atoms with Crippen LogP contribution in [-0.2, 0) is 4.79 Å². The molecule has 1 aromatic heterocycles. The average molecular weight is 236 g/mol. The van der Waals surface area contributed by atoms with Gasteiger partial charge in [-0.3, -0.25) is 9.78 Å². The van der Waals surface area contributed by atoms with Gasteiger partial charge in [0.15, 0.2) is 0 Å². The van der Waals surface area contributed by atoms with Crippen LogP contribution < -0.4 is 0 Å². The number of hydrogen-bond donors (Lipinski definition) is 2. The van der Waals surface area contributed by atoms with Crippen molar-refractivity contribution in [2.24, 2.45) is 0 Å². The molecule has 0 aromatic carbocycles. The summed E-state index contributed by atoms with van der Waals surface area (Å²) in [5.41, 5.74) is 0.0909. The number of carboxylic acid groups (broad SMARTS) is 1. The van der Waals surface area contributed by atoms with Crippen molar-refractivity contribution in [3.05, 3.63) is 24.0 Å². The largest absolute Gasteiger partial charge is 0.505 e. The maximum atomic E-state index is 12.1. The Morgan fingerprint density at radius 1 is 1.47 bits per heavy atom. The van der Waals surface area contributed by atoms with Crippen LogP contribution in [-0.4, -0.2) is 44.6 Å². The predicted molar refractivity (Wildman–Crippen MR) is 57.6 cm³/mol. The number of carbonyl (C=O) groups excluding carboxylic acids is 1. The number of pyridine rings is 1. The molecule has 17 heavy (non-hydrogen) atoms. The molecular weight excluding hydrogens is 224 g/mol. The zero-order valence-corrected chi connectivity index (χ0v) is 9.04. The van der Waals surface area contributed by atoms with E-state index in [0.717, 1.165) is 0 Å². The second-order valence-corrected chi connectivity index (χ2v) is 3.89. The van der Waals surface area contributed by atoms with Crippen LogP contribution >= 0.6 is 0 Å². The van der Waals surface area contributed by atoms with Gasteiger partial charge in [-0.25, -0.2) is 4.79 Å². The highest BCUT2D eigenvalue weighted by atomic mass is 16.4. The standard InChI is InChI=1S/C11H12N2O4/c14-9-6-12-4-3-7(9)10(15)13-5-1-2-8(13)11(16)17/h3-4,6,8,14H,1-2,5H2,(H,16,17)/t8-/m1/s1. The topological polar surface area (TPSA) is 90.7 Å². The van der Waals surface area contributed by atoms with E-state index in [2.05, 4.69) is 4.98 Å². The van der Waals surface area contributed by atoms with Crippen molar-refractivity contribution in [1.82, 2.24) is 9.88 Å². The zero-order valence-electron chi connectivity index (χ0n) is 9.04. The number of amides is 1. The second kappa shape index (κ2) is 4.40. The van der Waals surface area contributed by atoms with Gasteiger partial charge in [0.1, 0.15) is 11.8 Å². The van der Waals surface area contributed by atoms with Crippen LogP contribution in [0.4, 0.5) is 0 Å². The summed E-state index contributed by atoms with van der Waals surface area (Å²) in [7, 11) is 0. The fraction of sp³-hybridized carbons (Fsp3) is 0.364. The van der Waals surface area contributed by atoms with E-state index in [1.165, 1.54) is 23.4 Å². The molecule has 0 aliphatic carbocycles. The number of aromatic nitrogens is 1. The SMILES string of the molecule is O=C(O)[C@H]1CCCN1C(=O)c1ccncc1O. The molecule has 0 saturated carbocycles. The van der Waals surface area contributed by atoms with Crippen molar-refractivity contribution < 1.29 is 19.8 Å². The number of carbonyl (C=O) groups is 2. The van der Waals surface area contributed by atoms with Crippen LogP contribution in [0.3, 0.4) is 0 Å². The summed E-state index contributed by atoms with van der Waals surface area (Å²) in [5.74, 6) is -1.70. The first-order chi connectivity index (χ1) is 8.11. The van der Waals surface area contributed by atoms with E-state index < -0.39 is 17.9 Å². The van der Waals surface area contributed by atoms with Gasteiger partial charge in [-0.05, 0) is 18.9 Å². The van der Waals surface area contributed by atoms with Crippen molar-refractivity contribution >= 4 is 11.9 Å². The number of hydrogen-bond acceptors (Lipinski definition) is 4. The summed E-state index contributed by atoms with van der Waals surface area (Å²) in [4.78, 5) is 28.0.